The van der Waals surface area contributed by atoms with Crippen molar-refractivity contribution < 1.29 is 4.43 Å². The first-order valence-electron chi connectivity index (χ1n) is 8.64. The summed E-state index contributed by atoms with van der Waals surface area (Å²) in [6, 6.07) is 0. The van der Waals surface area contributed by atoms with Crippen LogP contribution in [0.25, 0.3) is 0 Å². The molecule has 1 nitrogen and oxygen atoms in total. The van der Waals surface area contributed by atoms with E-state index in [1.165, 1.54) is 0 Å². The maximum atomic E-state index is 6.51. The molecule has 0 amide bonds. The molecule has 0 spiro atoms. The van der Waals surface area contributed by atoms with Crippen LogP contribution in [0.4, 0.5) is 0 Å². The highest BCUT2D eigenvalue weighted by Crippen LogP contribution is 2.42. The van der Waals surface area contributed by atoms with Crippen molar-refractivity contribution in [1.82, 2.24) is 0 Å². The van der Waals surface area contributed by atoms with E-state index < -0.39 is 8.32 Å². The zero-order valence-electron chi connectivity index (χ0n) is 15.8. The number of rotatable bonds is 10. The standard InChI is InChI=1S/C21H34OSi/c1-8-9-10-11-12-13-14-15-16-17-18-22-23(19(2)3,20(4)5)21(6)7/h1,9-16,19-21H,17-18H2,2-7H3/b10-9+,12-11+,14-13+,16-15+. The Labute approximate surface area is 145 Å². The SMILES string of the molecule is C#C/C=C/C=C/C=C/C=C/CCO[Si](C(C)C)(C(C)C)C(C)C. The fourth-order valence-electron chi connectivity index (χ4n) is 3.35. The molecule has 0 saturated heterocycles. The van der Waals surface area contributed by atoms with Gasteiger partial charge >= 0.3 is 0 Å². The highest BCUT2D eigenvalue weighted by molar-refractivity contribution is 6.77. The third kappa shape index (κ3) is 7.68. The molecule has 0 aromatic rings. The average molecular weight is 331 g/mol. The van der Waals surface area contributed by atoms with Gasteiger partial charge in [0.25, 0.3) is 0 Å². The minimum Gasteiger partial charge on any atom is -0.416 e. The van der Waals surface area contributed by atoms with E-state index in [0.29, 0.717) is 16.6 Å². The number of hydrogen-bond donors (Lipinski definition) is 0. The molecule has 0 rings (SSSR count). The zero-order chi connectivity index (χ0) is 17.7. The molecule has 0 bridgehead atoms. The van der Waals surface area contributed by atoms with E-state index in [1.54, 1.807) is 6.08 Å². The minimum absolute atomic E-state index is 0.646. The van der Waals surface area contributed by atoms with Crippen LogP contribution in [0.3, 0.4) is 0 Å². The third-order valence-electron chi connectivity index (χ3n) is 4.23. The Kier molecular flexibility index (Phi) is 11.5. The summed E-state index contributed by atoms with van der Waals surface area (Å²) in [7, 11) is -1.71. The molecule has 0 aliphatic rings. The normalized spacial score (nSPS) is 13.7. The van der Waals surface area contributed by atoms with Crippen molar-refractivity contribution in [2.75, 3.05) is 6.61 Å². The zero-order valence-corrected chi connectivity index (χ0v) is 16.8. The van der Waals surface area contributed by atoms with Gasteiger partial charge in [0.1, 0.15) is 0 Å². The third-order valence-corrected chi connectivity index (χ3v) is 10.3. The van der Waals surface area contributed by atoms with Gasteiger partial charge in [0, 0.05) is 6.61 Å². The molecule has 128 valence electrons. The van der Waals surface area contributed by atoms with Crippen LogP contribution in [-0.4, -0.2) is 14.9 Å². The molecule has 0 aliphatic carbocycles. The first-order chi connectivity index (χ1) is 10.9. The van der Waals surface area contributed by atoms with Gasteiger partial charge in [-0.3, -0.25) is 0 Å². The Hall–Kier alpha value is -1.30. The summed E-state index contributed by atoms with van der Waals surface area (Å²) in [5.74, 6) is 2.45. The number of allylic oxidation sites excluding steroid dienone is 7. The van der Waals surface area contributed by atoms with Gasteiger partial charge in [-0.2, -0.15) is 0 Å². The van der Waals surface area contributed by atoms with Crippen molar-refractivity contribution in [1.29, 1.82) is 0 Å². The van der Waals surface area contributed by atoms with Crippen LogP contribution >= 0.6 is 0 Å². The molecule has 0 atom stereocenters. The maximum Gasteiger partial charge on any atom is 0.200 e. The van der Waals surface area contributed by atoms with Gasteiger partial charge in [-0.05, 0) is 29.1 Å². The van der Waals surface area contributed by atoms with E-state index in [9.17, 15) is 0 Å². The smallest absolute Gasteiger partial charge is 0.200 e. The topological polar surface area (TPSA) is 9.23 Å². The Balaban J connectivity index is 4.34. The summed E-state index contributed by atoms with van der Waals surface area (Å²) >= 11 is 0. The molecule has 0 aromatic carbocycles. The lowest BCUT2D eigenvalue weighted by Gasteiger charge is -2.42. The van der Waals surface area contributed by atoms with Crippen molar-refractivity contribution in [3.05, 3.63) is 48.6 Å². The van der Waals surface area contributed by atoms with Crippen LogP contribution in [0, 0.1) is 12.3 Å². The highest BCUT2D eigenvalue weighted by atomic mass is 28.4. The van der Waals surface area contributed by atoms with E-state index in [1.807, 2.05) is 30.4 Å². The average Bonchev–Trinajstić information content (AvgIpc) is 2.47. The van der Waals surface area contributed by atoms with Crippen LogP contribution in [0.5, 0.6) is 0 Å². The van der Waals surface area contributed by atoms with Crippen molar-refractivity contribution in [2.45, 2.75) is 64.6 Å². The molecule has 0 heterocycles. The Morgan fingerprint density at radius 2 is 1.30 bits per heavy atom. The van der Waals surface area contributed by atoms with E-state index in [-0.39, 0.29) is 0 Å². The second-order valence-corrected chi connectivity index (χ2v) is 12.1. The largest absolute Gasteiger partial charge is 0.416 e. The second kappa shape index (κ2) is 12.2. The van der Waals surface area contributed by atoms with Gasteiger partial charge < -0.3 is 4.43 Å². The van der Waals surface area contributed by atoms with Gasteiger partial charge in [-0.1, -0.05) is 90.0 Å². The van der Waals surface area contributed by atoms with Crippen molar-refractivity contribution in [3.8, 4) is 12.3 Å². The van der Waals surface area contributed by atoms with Crippen molar-refractivity contribution in [2.24, 2.45) is 0 Å². The predicted octanol–water partition coefficient (Wildman–Crippen LogP) is 6.43. The van der Waals surface area contributed by atoms with E-state index in [2.05, 4.69) is 59.6 Å². The van der Waals surface area contributed by atoms with Crippen LogP contribution in [0.2, 0.25) is 16.6 Å². The van der Waals surface area contributed by atoms with Crippen molar-refractivity contribution >= 4 is 8.32 Å². The van der Waals surface area contributed by atoms with Crippen LogP contribution in [0.15, 0.2) is 48.6 Å². The fraction of sp³-hybridized carbons (Fsp3) is 0.524. The van der Waals surface area contributed by atoms with Gasteiger partial charge in [0.15, 0.2) is 8.32 Å². The Bertz CT molecular complexity index is 437. The molecular formula is C21H34OSi. The lowest BCUT2D eigenvalue weighted by Crippen LogP contribution is -2.47. The molecule has 2 heteroatoms. The monoisotopic (exact) mass is 330 g/mol. The van der Waals surface area contributed by atoms with Gasteiger partial charge in [-0.25, -0.2) is 0 Å². The first-order valence-corrected chi connectivity index (χ1v) is 10.8. The second-order valence-electron chi connectivity index (χ2n) is 6.68. The highest BCUT2D eigenvalue weighted by Gasteiger charge is 2.44. The Morgan fingerprint density at radius 1 is 0.826 bits per heavy atom. The molecule has 0 fully saturated rings. The lowest BCUT2D eigenvalue weighted by molar-refractivity contribution is 0.284. The summed E-state index contributed by atoms with van der Waals surface area (Å²) in [5.41, 5.74) is 1.94. The quantitative estimate of drug-likeness (QED) is 0.194. The van der Waals surface area contributed by atoms with Crippen LogP contribution < -0.4 is 0 Å². The van der Waals surface area contributed by atoms with Gasteiger partial charge in [0.05, 0.1) is 0 Å². The molecular weight excluding hydrogens is 296 g/mol. The molecule has 0 radical (unpaired) electrons. The van der Waals surface area contributed by atoms with Crippen LogP contribution in [-0.2, 0) is 4.43 Å². The summed E-state index contributed by atoms with van der Waals surface area (Å²) in [4.78, 5) is 0. The van der Waals surface area contributed by atoms with Crippen LogP contribution in [0.1, 0.15) is 48.0 Å². The van der Waals surface area contributed by atoms with E-state index >= 15 is 0 Å². The predicted molar refractivity (Wildman–Crippen MR) is 107 cm³/mol. The molecule has 0 N–H and O–H groups in total. The Morgan fingerprint density at radius 3 is 1.78 bits per heavy atom. The summed E-state index contributed by atoms with van der Waals surface area (Å²) in [5, 5.41) is 0. The molecule has 0 aromatic heterocycles. The minimum atomic E-state index is -1.71. The molecule has 0 saturated carbocycles. The first kappa shape index (κ1) is 21.7. The molecule has 23 heavy (non-hydrogen) atoms. The molecule has 0 unspecified atom stereocenters. The molecule has 0 aliphatic heterocycles. The van der Waals surface area contributed by atoms with Gasteiger partial charge in [-0.15, -0.1) is 6.42 Å². The number of hydrogen-bond acceptors (Lipinski definition) is 1. The maximum absolute atomic E-state index is 6.51. The summed E-state index contributed by atoms with van der Waals surface area (Å²) in [6.07, 6.45) is 21.7. The van der Waals surface area contributed by atoms with E-state index in [4.69, 9.17) is 10.8 Å². The summed E-state index contributed by atoms with van der Waals surface area (Å²) in [6.45, 7) is 14.8. The summed E-state index contributed by atoms with van der Waals surface area (Å²) < 4.78 is 6.51. The lowest BCUT2D eigenvalue weighted by atomic mass is 10.3. The fourth-order valence-corrected chi connectivity index (χ4v) is 8.82. The van der Waals surface area contributed by atoms with Crippen molar-refractivity contribution in [3.63, 3.8) is 0 Å². The van der Waals surface area contributed by atoms with E-state index in [0.717, 1.165) is 13.0 Å². The van der Waals surface area contributed by atoms with Gasteiger partial charge in [0.2, 0.25) is 0 Å². The number of terminal acetylenes is 1.